The fourth-order valence-corrected chi connectivity index (χ4v) is 1.93. The maximum absolute atomic E-state index is 13.6. The second-order valence-corrected chi connectivity index (χ2v) is 4.79. The minimum atomic E-state index is -0.650. The number of halogens is 3. The quantitative estimate of drug-likeness (QED) is 0.899. The lowest BCUT2D eigenvalue weighted by molar-refractivity contribution is 0.102. The van der Waals surface area contributed by atoms with E-state index in [4.69, 9.17) is 0 Å². The van der Waals surface area contributed by atoms with Gasteiger partial charge in [0.25, 0.3) is 5.91 Å². The van der Waals surface area contributed by atoms with E-state index in [1.807, 2.05) is 0 Å². The van der Waals surface area contributed by atoms with Crippen molar-refractivity contribution in [1.29, 1.82) is 0 Å². The molecule has 1 amide bonds. The Morgan fingerprint density at radius 2 is 2.05 bits per heavy atom. The van der Waals surface area contributed by atoms with E-state index in [-0.39, 0.29) is 17.1 Å². The van der Waals surface area contributed by atoms with Crippen molar-refractivity contribution in [3.63, 3.8) is 0 Å². The lowest BCUT2D eigenvalue weighted by Crippen LogP contribution is -2.16. The summed E-state index contributed by atoms with van der Waals surface area (Å²) in [6, 6.07) is 5.24. The molecule has 2 rings (SSSR count). The summed E-state index contributed by atoms with van der Waals surface area (Å²) in [5.74, 6) is -1.68. The zero-order chi connectivity index (χ0) is 14.7. The highest BCUT2D eigenvalue weighted by molar-refractivity contribution is 9.10. The van der Waals surface area contributed by atoms with Gasteiger partial charge in [-0.05, 0) is 24.3 Å². The molecule has 2 N–H and O–H groups in total. The van der Waals surface area contributed by atoms with E-state index in [2.05, 4.69) is 31.5 Å². The van der Waals surface area contributed by atoms with Gasteiger partial charge in [0, 0.05) is 11.5 Å². The summed E-state index contributed by atoms with van der Waals surface area (Å²) in [6.45, 7) is 0. The van der Waals surface area contributed by atoms with Crippen LogP contribution in [0.25, 0.3) is 0 Å². The Labute approximate surface area is 122 Å². The first-order valence-corrected chi connectivity index (χ1v) is 6.40. The first-order valence-electron chi connectivity index (χ1n) is 5.61. The van der Waals surface area contributed by atoms with Crippen LogP contribution in [0.5, 0.6) is 0 Å². The molecule has 0 saturated heterocycles. The molecule has 1 heterocycles. The van der Waals surface area contributed by atoms with Gasteiger partial charge in [-0.2, -0.15) is 0 Å². The highest BCUT2D eigenvalue weighted by Gasteiger charge is 2.15. The highest BCUT2D eigenvalue weighted by atomic mass is 79.9. The van der Waals surface area contributed by atoms with Gasteiger partial charge in [0.15, 0.2) is 0 Å². The van der Waals surface area contributed by atoms with E-state index in [1.54, 1.807) is 13.1 Å². The number of hydrogen-bond acceptors (Lipinski definition) is 3. The first-order chi connectivity index (χ1) is 9.51. The third kappa shape index (κ3) is 3.11. The predicted molar refractivity (Wildman–Crippen MR) is 75.8 cm³/mol. The van der Waals surface area contributed by atoms with Gasteiger partial charge in [0.2, 0.25) is 0 Å². The van der Waals surface area contributed by atoms with Crippen molar-refractivity contribution in [2.24, 2.45) is 0 Å². The van der Waals surface area contributed by atoms with Gasteiger partial charge >= 0.3 is 0 Å². The minimum absolute atomic E-state index is 0.00418. The molecule has 104 valence electrons. The summed E-state index contributed by atoms with van der Waals surface area (Å²) in [5, 5.41) is 5.05. The number of nitrogens with one attached hydrogen (secondary N) is 2. The van der Waals surface area contributed by atoms with E-state index < -0.39 is 17.5 Å². The third-order valence-corrected chi connectivity index (χ3v) is 3.01. The number of aromatic nitrogens is 1. The number of carbonyl (C=O) groups excluding carboxylic acids is 1. The van der Waals surface area contributed by atoms with Crippen LogP contribution in [0, 0.1) is 11.6 Å². The van der Waals surface area contributed by atoms with Gasteiger partial charge in [-0.15, -0.1) is 0 Å². The fraction of sp³-hybridized carbons (Fsp3) is 0.0769. The summed E-state index contributed by atoms with van der Waals surface area (Å²) < 4.78 is 27.4. The zero-order valence-electron chi connectivity index (χ0n) is 10.4. The molecule has 7 heteroatoms. The van der Waals surface area contributed by atoms with Crippen molar-refractivity contribution in [3.8, 4) is 0 Å². The first kappa shape index (κ1) is 14.4. The molecular weight excluding hydrogens is 332 g/mol. The van der Waals surface area contributed by atoms with Gasteiger partial charge in [-0.25, -0.2) is 13.8 Å². The smallest absolute Gasteiger partial charge is 0.259 e. The molecule has 0 saturated carbocycles. The van der Waals surface area contributed by atoms with Crippen molar-refractivity contribution in [2.45, 2.75) is 0 Å². The van der Waals surface area contributed by atoms with E-state index in [0.29, 0.717) is 4.47 Å². The maximum Gasteiger partial charge on any atom is 0.259 e. The van der Waals surface area contributed by atoms with Crippen LogP contribution in [0.15, 0.2) is 34.9 Å². The molecule has 2 aromatic rings. The molecule has 0 bridgehead atoms. The number of pyridine rings is 1. The second kappa shape index (κ2) is 5.96. The summed E-state index contributed by atoms with van der Waals surface area (Å²) in [7, 11) is 1.55. The molecule has 0 aliphatic rings. The number of rotatable bonds is 3. The normalized spacial score (nSPS) is 10.2. The van der Waals surface area contributed by atoms with Crippen molar-refractivity contribution < 1.29 is 13.6 Å². The number of anilines is 2. The maximum atomic E-state index is 13.6. The molecule has 0 aliphatic carbocycles. The summed E-state index contributed by atoms with van der Waals surface area (Å²) in [6.07, 6.45) is 0.989. The van der Waals surface area contributed by atoms with E-state index in [0.717, 1.165) is 12.3 Å². The molecule has 0 fully saturated rings. The van der Waals surface area contributed by atoms with Gasteiger partial charge < -0.3 is 10.6 Å². The standard InChI is InChI=1S/C13H10BrF2N3O/c1-17-12-9(5-8(15)6-18-12)13(20)19-11-3-2-7(14)4-10(11)16/h2-6H,1H3,(H,17,18)(H,19,20). The molecule has 20 heavy (non-hydrogen) atoms. The lowest BCUT2D eigenvalue weighted by Gasteiger charge is -2.10. The summed E-state index contributed by atoms with van der Waals surface area (Å²) in [5.41, 5.74) is -0.000618. The average molecular weight is 342 g/mol. The molecule has 1 aromatic carbocycles. The molecular formula is C13H10BrF2N3O. The summed E-state index contributed by atoms with van der Waals surface area (Å²) >= 11 is 3.12. The monoisotopic (exact) mass is 341 g/mol. The SMILES string of the molecule is CNc1ncc(F)cc1C(=O)Nc1ccc(Br)cc1F. The molecule has 0 atom stereocenters. The number of nitrogens with zero attached hydrogens (tertiary/aromatic N) is 1. The molecule has 0 radical (unpaired) electrons. The van der Waals surface area contributed by atoms with Crippen LogP contribution in [0.2, 0.25) is 0 Å². The lowest BCUT2D eigenvalue weighted by atomic mass is 10.2. The Hall–Kier alpha value is -2.02. The van der Waals surface area contributed by atoms with E-state index >= 15 is 0 Å². The zero-order valence-corrected chi connectivity index (χ0v) is 12.0. The second-order valence-electron chi connectivity index (χ2n) is 3.88. The highest BCUT2D eigenvalue weighted by Crippen LogP contribution is 2.21. The predicted octanol–water partition coefficient (Wildman–Crippen LogP) is 3.42. The van der Waals surface area contributed by atoms with Crippen molar-refractivity contribution in [3.05, 3.63) is 52.1 Å². The van der Waals surface area contributed by atoms with Crippen LogP contribution in [-0.2, 0) is 0 Å². The van der Waals surface area contributed by atoms with Gasteiger partial charge in [0.05, 0.1) is 17.4 Å². The van der Waals surface area contributed by atoms with Crippen LogP contribution < -0.4 is 10.6 Å². The van der Waals surface area contributed by atoms with Crippen LogP contribution >= 0.6 is 15.9 Å². The van der Waals surface area contributed by atoms with Crippen LogP contribution in [0.1, 0.15) is 10.4 Å². The van der Waals surface area contributed by atoms with Crippen LogP contribution in [0.4, 0.5) is 20.3 Å². The average Bonchev–Trinajstić information content (AvgIpc) is 2.41. The molecule has 0 aliphatic heterocycles. The fourth-order valence-electron chi connectivity index (χ4n) is 1.59. The Bertz CT molecular complexity index is 664. The molecule has 0 unspecified atom stereocenters. The van der Waals surface area contributed by atoms with Crippen molar-refractivity contribution in [1.82, 2.24) is 4.98 Å². The number of amides is 1. The molecule has 0 spiro atoms. The molecule has 4 nitrogen and oxygen atoms in total. The van der Waals surface area contributed by atoms with Crippen molar-refractivity contribution >= 4 is 33.3 Å². The Morgan fingerprint density at radius 1 is 1.30 bits per heavy atom. The number of hydrogen-bond donors (Lipinski definition) is 2. The van der Waals surface area contributed by atoms with Gasteiger partial charge in [-0.3, -0.25) is 4.79 Å². The third-order valence-electron chi connectivity index (χ3n) is 2.52. The van der Waals surface area contributed by atoms with Gasteiger partial charge in [-0.1, -0.05) is 15.9 Å². The number of carbonyl (C=O) groups is 1. The summed E-state index contributed by atoms with van der Waals surface area (Å²) in [4.78, 5) is 15.8. The Morgan fingerprint density at radius 3 is 2.70 bits per heavy atom. The largest absolute Gasteiger partial charge is 0.372 e. The number of benzene rings is 1. The molecule has 1 aromatic heterocycles. The van der Waals surface area contributed by atoms with Crippen molar-refractivity contribution in [2.75, 3.05) is 17.7 Å². The van der Waals surface area contributed by atoms with Crippen LogP contribution in [-0.4, -0.2) is 17.9 Å². The Balaban J connectivity index is 2.30. The Kier molecular flexibility index (Phi) is 4.29. The van der Waals surface area contributed by atoms with E-state index in [9.17, 15) is 13.6 Å². The van der Waals surface area contributed by atoms with Gasteiger partial charge in [0.1, 0.15) is 17.5 Å². The van der Waals surface area contributed by atoms with E-state index in [1.165, 1.54) is 12.1 Å². The minimum Gasteiger partial charge on any atom is -0.372 e. The van der Waals surface area contributed by atoms with Crippen LogP contribution in [0.3, 0.4) is 0 Å². The topological polar surface area (TPSA) is 54.0 Å².